The molecule has 1 fully saturated rings. The summed E-state index contributed by atoms with van der Waals surface area (Å²) in [5.41, 5.74) is 2.74. The van der Waals surface area contributed by atoms with Gasteiger partial charge in [0.1, 0.15) is 0 Å². The van der Waals surface area contributed by atoms with Crippen molar-refractivity contribution in [2.24, 2.45) is 4.99 Å². The molecule has 0 unspecified atom stereocenters. The predicted octanol–water partition coefficient (Wildman–Crippen LogP) is 2.50. The maximum absolute atomic E-state index is 4.44. The molecule has 120 valence electrons. The number of nitrogens with zero attached hydrogens (tertiary/aromatic N) is 2. The summed E-state index contributed by atoms with van der Waals surface area (Å²) >= 11 is 0. The molecule has 1 aromatic rings. The lowest BCUT2D eigenvalue weighted by atomic mass is 10.1. The Bertz CT molecular complexity index is 472. The Kier molecular flexibility index (Phi) is 5.71. The molecule has 0 spiro atoms. The minimum atomic E-state index is 0.843. The molecule has 0 radical (unpaired) electrons. The molecule has 3 rings (SSSR count). The molecule has 2 heterocycles. The van der Waals surface area contributed by atoms with Crippen molar-refractivity contribution in [3.8, 4) is 0 Å². The van der Waals surface area contributed by atoms with E-state index >= 15 is 0 Å². The summed E-state index contributed by atoms with van der Waals surface area (Å²) in [6.07, 6.45) is 6.66. The van der Waals surface area contributed by atoms with E-state index in [9.17, 15) is 0 Å². The summed E-state index contributed by atoms with van der Waals surface area (Å²) in [4.78, 5) is 7.03. The summed E-state index contributed by atoms with van der Waals surface area (Å²) in [5, 5.41) is 6.67. The van der Waals surface area contributed by atoms with Crippen LogP contribution in [0.4, 0.5) is 0 Å². The molecule has 0 bridgehead atoms. The van der Waals surface area contributed by atoms with Crippen molar-refractivity contribution in [1.29, 1.82) is 0 Å². The smallest absolute Gasteiger partial charge is 0.191 e. The van der Waals surface area contributed by atoms with Crippen molar-refractivity contribution >= 4 is 5.96 Å². The van der Waals surface area contributed by atoms with Crippen molar-refractivity contribution in [1.82, 2.24) is 15.5 Å². The van der Waals surface area contributed by atoms with Crippen LogP contribution in [0.2, 0.25) is 0 Å². The van der Waals surface area contributed by atoms with E-state index in [1.165, 1.54) is 49.9 Å². The molecule has 2 aliphatic heterocycles. The van der Waals surface area contributed by atoms with Crippen LogP contribution in [0.3, 0.4) is 0 Å². The largest absolute Gasteiger partial charge is 0.356 e. The molecule has 0 amide bonds. The topological polar surface area (TPSA) is 39.7 Å². The van der Waals surface area contributed by atoms with Gasteiger partial charge >= 0.3 is 0 Å². The molecule has 0 aromatic heterocycles. The summed E-state index contributed by atoms with van der Waals surface area (Å²) in [6, 6.07) is 9.03. The summed E-state index contributed by atoms with van der Waals surface area (Å²) in [7, 11) is 0. The van der Waals surface area contributed by atoms with Gasteiger partial charge in [-0.05, 0) is 43.5 Å². The number of hydrogen-bond acceptors (Lipinski definition) is 4. The summed E-state index contributed by atoms with van der Waals surface area (Å²) < 4.78 is 0. The van der Waals surface area contributed by atoms with Crippen LogP contribution in [-0.4, -0.2) is 37.0 Å². The highest BCUT2D eigenvalue weighted by Crippen LogP contribution is 2.13. The molecule has 0 atom stereocenters. The van der Waals surface area contributed by atoms with E-state index in [2.05, 4.69) is 44.8 Å². The highest BCUT2D eigenvalue weighted by Gasteiger charge is 2.09. The van der Waals surface area contributed by atoms with Crippen LogP contribution >= 0.6 is 0 Å². The Labute approximate surface area is 134 Å². The Hall–Kier alpha value is -1.55. The quantitative estimate of drug-likeness (QED) is 0.897. The lowest BCUT2D eigenvalue weighted by Gasteiger charge is -2.20. The minimum Gasteiger partial charge on any atom is -0.356 e. The zero-order valence-corrected chi connectivity index (χ0v) is 13.5. The van der Waals surface area contributed by atoms with Gasteiger partial charge < -0.3 is 10.6 Å². The maximum Gasteiger partial charge on any atom is 0.191 e. The first-order valence-electron chi connectivity index (χ1n) is 8.72. The van der Waals surface area contributed by atoms with Crippen LogP contribution in [0.1, 0.15) is 43.2 Å². The lowest BCUT2D eigenvalue weighted by Crippen LogP contribution is -2.40. The van der Waals surface area contributed by atoms with Crippen molar-refractivity contribution in [3.05, 3.63) is 35.4 Å². The van der Waals surface area contributed by atoms with Crippen molar-refractivity contribution in [2.45, 2.75) is 45.2 Å². The van der Waals surface area contributed by atoms with Crippen LogP contribution in [-0.2, 0) is 13.1 Å². The van der Waals surface area contributed by atoms with Crippen LogP contribution in [0.25, 0.3) is 0 Å². The average Bonchev–Trinajstić information content (AvgIpc) is 2.84. The van der Waals surface area contributed by atoms with E-state index in [1.807, 2.05) is 0 Å². The summed E-state index contributed by atoms with van der Waals surface area (Å²) in [5.74, 6) is 0.944. The summed E-state index contributed by atoms with van der Waals surface area (Å²) in [6.45, 7) is 6.42. The Morgan fingerprint density at radius 1 is 0.955 bits per heavy atom. The molecule has 2 N–H and O–H groups in total. The van der Waals surface area contributed by atoms with Gasteiger partial charge in [0.25, 0.3) is 0 Å². The zero-order chi connectivity index (χ0) is 15.0. The average molecular weight is 300 g/mol. The molecular formula is C18H28N4. The van der Waals surface area contributed by atoms with Gasteiger partial charge in [-0.1, -0.05) is 37.1 Å². The molecule has 1 saturated heterocycles. The third kappa shape index (κ3) is 4.73. The van der Waals surface area contributed by atoms with E-state index in [1.54, 1.807) is 0 Å². The maximum atomic E-state index is 4.44. The predicted molar refractivity (Wildman–Crippen MR) is 91.9 cm³/mol. The third-order valence-corrected chi connectivity index (χ3v) is 4.49. The van der Waals surface area contributed by atoms with Crippen LogP contribution in [0, 0.1) is 0 Å². The Balaban J connectivity index is 1.48. The number of benzene rings is 1. The highest BCUT2D eigenvalue weighted by molar-refractivity contribution is 5.80. The Morgan fingerprint density at radius 3 is 2.36 bits per heavy atom. The highest BCUT2D eigenvalue weighted by atomic mass is 15.2. The second-order valence-corrected chi connectivity index (χ2v) is 6.37. The van der Waals surface area contributed by atoms with Crippen molar-refractivity contribution in [2.75, 3.05) is 26.2 Å². The molecule has 22 heavy (non-hydrogen) atoms. The van der Waals surface area contributed by atoms with Gasteiger partial charge in [-0.25, -0.2) is 0 Å². The standard InChI is InChI=1S/C18H28N4/c1-2-4-13-22(12-3-1)15-17-8-6-16(7-9-17)14-21-18-19-10-5-11-20-18/h6-9H,1-5,10-15H2,(H2,19,20,21). The van der Waals surface area contributed by atoms with Crippen LogP contribution in [0.5, 0.6) is 0 Å². The first kappa shape index (κ1) is 15.3. The number of guanidine groups is 1. The lowest BCUT2D eigenvalue weighted by molar-refractivity contribution is 0.277. The molecule has 0 aliphatic carbocycles. The first-order chi connectivity index (χ1) is 10.9. The van der Waals surface area contributed by atoms with E-state index in [-0.39, 0.29) is 0 Å². The van der Waals surface area contributed by atoms with Crippen LogP contribution in [0.15, 0.2) is 29.3 Å². The third-order valence-electron chi connectivity index (χ3n) is 4.49. The molecule has 4 heteroatoms. The molecule has 0 saturated carbocycles. The fraction of sp³-hybridized carbons (Fsp3) is 0.611. The van der Waals surface area contributed by atoms with Crippen molar-refractivity contribution < 1.29 is 0 Å². The van der Waals surface area contributed by atoms with Gasteiger partial charge in [0.15, 0.2) is 5.96 Å². The van der Waals surface area contributed by atoms with E-state index in [4.69, 9.17) is 0 Å². The van der Waals surface area contributed by atoms with Gasteiger partial charge in [0.2, 0.25) is 0 Å². The molecule has 2 aliphatic rings. The molecule has 1 aromatic carbocycles. The van der Waals surface area contributed by atoms with Gasteiger partial charge in [-0.2, -0.15) is 0 Å². The number of likely N-dealkylation sites (tertiary alicyclic amines) is 1. The number of hydrogen-bond donors (Lipinski definition) is 2. The monoisotopic (exact) mass is 300 g/mol. The number of rotatable bonds is 4. The number of aliphatic imine (C=N–C) groups is 1. The Morgan fingerprint density at radius 2 is 1.68 bits per heavy atom. The fourth-order valence-electron chi connectivity index (χ4n) is 3.15. The zero-order valence-electron chi connectivity index (χ0n) is 13.5. The SMILES string of the molecule is c1cc(CN2CCCCCC2)ccc1CNC1=NCCCN1. The van der Waals surface area contributed by atoms with E-state index in [0.717, 1.165) is 38.6 Å². The fourth-order valence-corrected chi connectivity index (χ4v) is 3.15. The molecular weight excluding hydrogens is 272 g/mol. The van der Waals surface area contributed by atoms with E-state index < -0.39 is 0 Å². The second-order valence-electron chi connectivity index (χ2n) is 6.37. The number of nitrogens with one attached hydrogen (secondary N) is 2. The van der Waals surface area contributed by atoms with Gasteiger partial charge in [0, 0.05) is 26.2 Å². The second kappa shape index (κ2) is 8.18. The first-order valence-corrected chi connectivity index (χ1v) is 8.72. The van der Waals surface area contributed by atoms with Gasteiger partial charge in [-0.15, -0.1) is 0 Å². The normalized spacial score (nSPS) is 19.9. The van der Waals surface area contributed by atoms with Crippen LogP contribution < -0.4 is 10.6 Å². The van der Waals surface area contributed by atoms with Gasteiger partial charge in [-0.3, -0.25) is 9.89 Å². The molecule has 4 nitrogen and oxygen atoms in total. The van der Waals surface area contributed by atoms with Gasteiger partial charge in [0.05, 0.1) is 0 Å². The minimum absolute atomic E-state index is 0.843. The van der Waals surface area contributed by atoms with Crippen molar-refractivity contribution in [3.63, 3.8) is 0 Å². The van der Waals surface area contributed by atoms with E-state index in [0.29, 0.717) is 0 Å².